The Hall–Kier alpha value is -1.00. The monoisotopic (exact) mass is 345 g/mol. The molecule has 4 heteroatoms. The number of nitrogens with one attached hydrogen (secondary N) is 1. The first kappa shape index (κ1) is 17.8. The molecule has 1 N–H and O–H groups in total. The Morgan fingerprint density at radius 1 is 1.12 bits per heavy atom. The highest BCUT2D eigenvalue weighted by Gasteiger charge is 2.40. The summed E-state index contributed by atoms with van der Waals surface area (Å²) in [5.74, 6) is 1.20. The summed E-state index contributed by atoms with van der Waals surface area (Å²) in [6.45, 7) is 11.3. The summed E-state index contributed by atoms with van der Waals surface area (Å²) in [5.41, 5.74) is 1.68. The summed E-state index contributed by atoms with van der Waals surface area (Å²) in [6, 6.07) is 11.4. The van der Waals surface area contributed by atoms with Crippen LogP contribution in [0.15, 0.2) is 35.3 Å². The van der Waals surface area contributed by atoms with Crippen molar-refractivity contribution in [1.29, 1.82) is 0 Å². The Morgan fingerprint density at radius 3 is 2.38 bits per heavy atom. The first-order valence-electron chi connectivity index (χ1n) is 9.12. The highest BCUT2D eigenvalue weighted by molar-refractivity contribution is 8.13. The molecule has 0 radical (unpaired) electrons. The molecule has 1 aromatic carbocycles. The molecule has 0 amide bonds. The fraction of sp³-hybridized carbons (Fsp3) is 0.650. The van der Waals surface area contributed by atoms with Crippen LogP contribution in [-0.2, 0) is 6.54 Å². The predicted octanol–water partition coefficient (Wildman–Crippen LogP) is 4.29. The molecular formula is C20H31N3S. The van der Waals surface area contributed by atoms with E-state index in [1.807, 2.05) is 11.8 Å². The van der Waals surface area contributed by atoms with E-state index in [4.69, 9.17) is 4.99 Å². The molecule has 3 nitrogen and oxygen atoms in total. The SMILES string of the molecule is CC1(C)CC(N(Cc2ccccc2)C2=NCCCS2)CC(C)(C)N1. The van der Waals surface area contributed by atoms with Gasteiger partial charge in [0.2, 0.25) is 0 Å². The van der Waals surface area contributed by atoms with E-state index in [0.29, 0.717) is 6.04 Å². The lowest BCUT2D eigenvalue weighted by molar-refractivity contribution is 0.101. The van der Waals surface area contributed by atoms with E-state index in [1.165, 1.54) is 22.9 Å². The Morgan fingerprint density at radius 2 is 1.79 bits per heavy atom. The van der Waals surface area contributed by atoms with E-state index >= 15 is 0 Å². The Labute approximate surface area is 151 Å². The molecule has 0 aromatic heterocycles. The number of hydrogen-bond acceptors (Lipinski definition) is 4. The standard InChI is InChI=1S/C20H31N3S/c1-19(2)13-17(14-20(3,4)22-19)23(18-21-11-8-12-24-18)15-16-9-6-5-7-10-16/h5-7,9-10,17,22H,8,11-15H2,1-4H3. The van der Waals surface area contributed by atoms with Crippen LogP contribution >= 0.6 is 11.8 Å². The molecule has 3 rings (SSSR count). The zero-order valence-corrected chi connectivity index (χ0v) is 16.3. The third kappa shape index (κ3) is 4.54. The van der Waals surface area contributed by atoms with Crippen LogP contribution in [0.3, 0.4) is 0 Å². The van der Waals surface area contributed by atoms with Crippen LogP contribution in [0.1, 0.15) is 52.5 Å². The molecule has 0 unspecified atom stereocenters. The van der Waals surface area contributed by atoms with Crippen LogP contribution in [0.2, 0.25) is 0 Å². The first-order valence-corrected chi connectivity index (χ1v) is 10.1. The number of hydrogen-bond donors (Lipinski definition) is 1. The number of rotatable bonds is 3. The van der Waals surface area contributed by atoms with Crippen LogP contribution in [-0.4, -0.2) is 39.5 Å². The molecule has 1 saturated heterocycles. The van der Waals surface area contributed by atoms with Gasteiger partial charge in [-0.05, 0) is 52.5 Å². The van der Waals surface area contributed by atoms with Crippen molar-refractivity contribution in [1.82, 2.24) is 10.2 Å². The minimum Gasteiger partial charge on any atom is -0.344 e. The van der Waals surface area contributed by atoms with Crippen LogP contribution < -0.4 is 5.32 Å². The molecule has 2 aliphatic heterocycles. The Kier molecular flexibility index (Phi) is 5.26. The highest BCUT2D eigenvalue weighted by atomic mass is 32.2. The third-order valence-electron chi connectivity index (χ3n) is 4.83. The fourth-order valence-electron chi connectivity index (χ4n) is 4.24. The molecule has 0 saturated carbocycles. The minimum absolute atomic E-state index is 0.154. The molecule has 24 heavy (non-hydrogen) atoms. The van der Waals surface area contributed by atoms with Gasteiger partial charge < -0.3 is 10.2 Å². The quantitative estimate of drug-likeness (QED) is 0.885. The van der Waals surface area contributed by atoms with Gasteiger partial charge in [0.25, 0.3) is 0 Å². The van der Waals surface area contributed by atoms with Crippen LogP contribution in [0, 0.1) is 0 Å². The number of piperidine rings is 1. The second-order valence-corrected chi connectivity index (χ2v) is 9.50. The zero-order chi connectivity index (χ0) is 17.2. The maximum atomic E-state index is 4.88. The van der Waals surface area contributed by atoms with E-state index < -0.39 is 0 Å². The molecular weight excluding hydrogens is 314 g/mol. The molecule has 0 aliphatic carbocycles. The number of aliphatic imine (C=N–C) groups is 1. The zero-order valence-electron chi connectivity index (χ0n) is 15.5. The number of nitrogens with zero attached hydrogens (tertiary/aromatic N) is 2. The molecule has 0 atom stereocenters. The van der Waals surface area contributed by atoms with E-state index in [1.54, 1.807) is 0 Å². The van der Waals surface area contributed by atoms with Gasteiger partial charge in [-0.25, -0.2) is 0 Å². The van der Waals surface area contributed by atoms with Gasteiger partial charge in [0.05, 0.1) is 0 Å². The predicted molar refractivity (Wildman–Crippen MR) is 106 cm³/mol. The van der Waals surface area contributed by atoms with E-state index in [0.717, 1.165) is 25.9 Å². The highest BCUT2D eigenvalue weighted by Crippen LogP contribution is 2.34. The van der Waals surface area contributed by atoms with Crippen molar-refractivity contribution in [2.24, 2.45) is 4.99 Å². The molecule has 132 valence electrons. The summed E-state index contributed by atoms with van der Waals surface area (Å²) < 4.78 is 0. The van der Waals surface area contributed by atoms with Crippen molar-refractivity contribution in [3.05, 3.63) is 35.9 Å². The number of thioether (sulfide) groups is 1. The van der Waals surface area contributed by atoms with Gasteiger partial charge in [-0.1, -0.05) is 42.1 Å². The summed E-state index contributed by atoms with van der Waals surface area (Å²) in [4.78, 5) is 7.47. The van der Waals surface area contributed by atoms with Crippen LogP contribution in [0.5, 0.6) is 0 Å². The maximum Gasteiger partial charge on any atom is 0.159 e. The Balaban J connectivity index is 1.87. The number of amidine groups is 1. The van der Waals surface area contributed by atoms with Gasteiger partial charge in [-0.15, -0.1) is 0 Å². The van der Waals surface area contributed by atoms with Gasteiger partial charge in [0.1, 0.15) is 0 Å². The smallest absolute Gasteiger partial charge is 0.159 e. The maximum absolute atomic E-state index is 4.88. The van der Waals surface area contributed by atoms with Gasteiger partial charge >= 0.3 is 0 Å². The molecule has 2 heterocycles. The van der Waals surface area contributed by atoms with Crippen molar-refractivity contribution in [2.75, 3.05) is 12.3 Å². The van der Waals surface area contributed by atoms with E-state index in [2.05, 4.69) is 68.2 Å². The molecule has 2 aliphatic rings. The average molecular weight is 346 g/mol. The average Bonchev–Trinajstić information content (AvgIpc) is 2.51. The molecule has 0 bridgehead atoms. The van der Waals surface area contributed by atoms with E-state index in [-0.39, 0.29) is 11.1 Å². The van der Waals surface area contributed by atoms with Crippen molar-refractivity contribution in [3.63, 3.8) is 0 Å². The van der Waals surface area contributed by atoms with Gasteiger partial charge in [0.15, 0.2) is 5.17 Å². The second-order valence-electron chi connectivity index (χ2n) is 8.43. The van der Waals surface area contributed by atoms with Crippen molar-refractivity contribution in [3.8, 4) is 0 Å². The van der Waals surface area contributed by atoms with Crippen LogP contribution in [0.4, 0.5) is 0 Å². The van der Waals surface area contributed by atoms with Crippen LogP contribution in [0.25, 0.3) is 0 Å². The summed E-state index contributed by atoms with van der Waals surface area (Å²) in [6.07, 6.45) is 3.52. The van der Waals surface area contributed by atoms with Gasteiger partial charge in [-0.2, -0.15) is 0 Å². The van der Waals surface area contributed by atoms with E-state index in [9.17, 15) is 0 Å². The van der Waals surface area contributed by atoms with Crippen molar-refractivity contribution >= 4 is 16.9 Å². The minimum atomic E-state index is 0.154. The second kappa shape index (κ2) is 7.09. The summed E-state index contributed by atoms with van der Waals surface area (Å²) in [7, 11) is 0. The topological polar surface area (TPSA) is 27.6 Å². The lowest BCUT2D eigenvalue weighted by Crippen LogP contribution is -2.62. The lowest BCUT2D eigenvalue weighted by Gasteiger charge is -2.50. The fourth-order valence-corrected chi connectivity index (χ4v) is 5.26. The van der Waals surface area contributed by atoms with Gasteiger partial charge in [-0.3, -0.25) is 4.99 Å². The first-order chi connectivity index (χ1) is 11.3. The summed E-state index contributed by atoms with van der Waals surface area (Å²) >= 11 is 1.94. The lowest BCUT2D eigenvalue weighted by atomic mass is 9.79. The number of benzene rings is 1. The van der Waals surface area contributed by atoms with Gasteiger partial charge in [0, 0.05) is 36.0 Å². The normalized spacial score (nSPS) is 23.6. The molecule has 1 aromatic rings. The Bertz CT molecular complexity index is 564. The largest absolute Gasteiger partial charge is 0.344 e. The van der Waals surface area contributed by atoms with Crippen molar-refractivity contribution in [2.45, 2.75) is 70.6 Å². The summed E-state index contributed by atoms with van der Waals surface area (Å²) in [5, 5.41) is 5.06. The molecule has 0 spiro atoms. The third-order valence-corrected chi connectivity index (χ3v) is 5.95. The molecule has 1 fully saturated rings. The van der Waals surface area contributed by atoms with Crippen molar-refractivity contribution < 1.29 is 0 Å².